The molecular formula is C16H17N3OS. The number of nitrogens with zero attached hydrogens (tertiary/aromatic N) is 2. The molecule has 1 heterocycles. The highest BCUT2D eigenvalue weighted by Crippen LogP contribution is 2.20. The number of anilines is 1. The Morgan fingerprint density at radius 1 is 1.38 bits per heavy atom. The van der Waals surface area contributed by atoms with E-state index in [0.29, 0.717) is 18.5 Å². The summed E-state index contributed by atoms with van der Waals surface area (Å²) in [5.74, 6) is 0.0761. The van der Waals surface area contributed by atoms with Crippen LogP contribution in [-0.2, 0) is 17.8 Å². The van der Waals surface area contributed by atoms with Crippen LogP contribution in [0.2, 0.25) is 0 Å². The van der Waals surface area contributed by atoms with E-state index in [1.807, 2.05) is 35.7 Å². The van der Waals surface area contributed by atoms with E-state index >= 15 is 0 Å². The molecule has 0 bridgehead atoms. The van der Waals surface area contributed by atoms with Gasteiger partial charge in [-0.05, 0) is 17.7 Å². The van der Waals surface area contributed by atoms with Crippen molar-refractivity contribution in [2.75, 3.05) is 19.4 Å². The molecule has 0 radical (unpaired) electrons. The predicted octanol–water partition coefficient (Wildman–Crippen LogP) is 2.86. The van der Waals surface area contributed by atoms with Crippen LogP contribution in [0.3, 0.4) is 0 Å². The summed E-state index contributed by atoms with van der Waals surface area (Å²) in [6, 6.07) is 11.8. The topological polar surface area (TPSA) is 56.1 Å². The van der Waals surface area contributed by atoms with Crippen molar-refractivity contribution in [3.05, 3.63) is 51.7 Å². The van der Waals surface area contributed by atoms with Gasteiger partial charge in [-0.3, -0.25) is 4.79 Å². The van der Waals surface area contributed by atoms with Crippen LogP contribution in [0.15, 0.2) is 35.7 Å². The number of para-hydroxylation sites is 1. The molecule has 21 heavy (non-hydrogen) atoms. The molecule has 0 aliphatic rings. The van der Waals surface area contributed by atoms with Gasteiger partial charge in [0.15, 0.2) is 0 Å². The normalized spacial score (nSPS) is 9.95. The van der Waals surface area contributed by atoms with E-state index in [1.54, 1.807) is 30.3 Å². The van der Waals surface area contributed by atoms with Gasteiger partial charge in [0, 0.05) is 36.6 Å². The van der Waals surface area contributed by atoms with Crippen LogP contribution >= 0.6 is 11.3 Å². The molecule has 1 amide bonds. The van der Waals surface area contributed by atoms with E-state index in [1.165, 1.54) is 0 Å². The summed E-state index contributed by atoms with van der Waals surface area (Å²) in [5.41, 5.74) is 2.63. The molecule has 0 saturated heterocycles. The first-order valence-electron chi connectivity index (χ1n) is 6.59. The lowest BCUT2D eigenvalue weighted by molar-refractivity contribution is -0.127. The molecule has 0 saturated carbocycles. The van der Waals surface area contributed by atoms with Crippen molar-refractivity contribution in [1.29, 1.82) is 5.26 Å². The molecule has 0 aliphatic carbocycles. The molecule has 1 N–H and O–H groups in total. The fraction of sp³-hybridized carbons (Fsp3) is 0.250. The van der Waals surface area contributed by atoms with Gasteiger partial charge in [-0.25, -0.2) is 0 Å². The van der Waals surface area contributed by atoms with Gasteiger partial charge in [0.05, 0.1) is 12.0 Å². The first-order chi connectivity index (χ1) is 10.1. The van der Waals surface area contributed by atoms with E-state index in [0.717, 1.165) is 16.1 Å². The molecule has 5 heteroatoms. The molecule has 2 aromatic rings. The quantitative estimate of drug-likeness (QED) is 0.923. The number of carbonyl (C=O) groups is 1. The van der Waals surface area contributed by atoms with Crippen molar-refractivity contribution in [2.24, 2.45) is 0 Å². The molecule has 0 fully saturated rings. The van der Waals surface area contributed by atoms with Crippen molar-refractivity contribution in [3.63, 3.8) is 0 Å². The molecule has 1 aromatic heterocycles. The highest BCUT2D eigenvalue weighted by Gasteiger charge is 2.09. The zero-order valence-corrected chi connectivity index (χ0v) is 12.9. The molecule has 0 unspecified atom stereocenters. The number of carbonyl (C=O) groups excluding carboxylic acids is 1. The van der Waals surface area contributed by atoms with Crippen LogP contribution in [0.1, 0.15) is 16.0 Å². The Morgan fingerprint density at radius 2 is 2.14 bits per heavy atom. The fourth-order valence-corrected chi connectivity index (χ4v) is 2.63. The van der Waals surface area contributed by atoms with E-state index in [9.17, 15) is 4.79 Å². The fourth-order valence-electron chi connectivity index (χ4n) is 1.88. The average Bonchev–Trinajstić information content (AvgIpc) is 2.94. The number of nitrogens with one attached hydrogen (secondary N) is 1. The van der Waals surface area contributed by atoms with Gasteiger partial charge >= 0.3 is 0 Å². The summed E-state index contributed by atoms with van der Waals surface area (Å²) in [4.78, 5) is 14.5. The summed E-state index contributed by atoms with van der Waals surface area (Å²) in [6.45, 7) is 0.652. The maximum absolute atomic E-state index is 11.8. The summed E-state index contributed by atoms with van der Waals surface area (Å²) in [7, 11) is 3.51. The first-order valence-corrected chi connectivity index (χ1v) is 7.47. The Hall–Kier alpha value is -2.32. The lowest BCUT2D eigenvalue weighted by Gasteiger charge is -2.14. The number of rotatable bonds is 5. The second kappa shape index (κ2) is 6.91. The highest BCUT2D eigenvalue weighted by molar-refractivity contribution is 7.10. The minimum atomic E-state index is 0.0761. The minimum Gasteiger partial charge on any atom is -0.380 e. The van der Waals surface area contributed by atoms with Gasteiger partial charge in [-0.2, -0.15) is 5.26 Å². The van der Waals surface area contributed by atoms with E-state index in [4.69, 9.17) is 5.26 Å². The molecule has 0 atom stereocenters. The molecule has 4 nitrogen and oxygen atoms in total. The number of amides is 1. The second-order valence-corrected chi connectivity index (χ2v) is 5.88. The summed E-state index contributed by atoms with van der Waals surface area (Å²) < 4.78 is 0. The maximum Gasteiger partial charge on any atom is 0.226 e. The minimum absolute atomic E-state index is 0.0761. The van der Waals surface area contributed by atoms with Crippen molar-refractivity contribution < 1.29 is 4.79 Å². The van der Waals surface area contributed by atoms with Crippen molar-refractivity contribution >= 4 is 22.9 Å². The van der Waals surface area contributed by atoms with Crippen LogP contribution in [-0.4, -0.2) is 24.9 Å². The Bertz CT molecular complexity index is 670. The largest absolute Gasteiger partial charge is 0.380 e. The second-order valence-electron chi connectivity index (χ2n) is 4.89. The molecule has 0 spiro atoms. The van der Waals surface area contributed by atoms with E-state index < -0.39 is 0 Å². The van der Waals surface area contributed by atoms with E-state index in [-0.39, 0.29) is 5.91 Å². The van der Waals surface area contributed by atoms with Gasteiger partial charge in [0.1, 0.15) is 6.07 Å². The van der Waals surface area contributed by atoms with Gasteiger partial charge < -0.3 is 10.2 Å². The number of hydrogen-bond donors (Lipinski definition) is 1. The number of hydrogen-bond acceptors (Lipinski definition) is 4. The molecule has 108 valence electrons. The summed E-state index contributed by atoms with van der Waals surface area (Å²) in [6.07, 6.45) is 0.379. The Kier molecular flexibility index (Phi) is 4.96. The Labute approximate surface area is 128 Å². The maximum atomic E-state index is 11.8. The number of thiophene rings is 1. The molecule has 1 aromatic carbocycles. The summed E-state index contributed by atoms with van der Waals surface area (Å²) >= 11 is 1.56. The third-order valence-corrected chi connectivity index (χ3v) is 4.03. The molecular weight excluding hydrogens is 282 g/mol. The molecule has 0 aliphatic heterocycles. The molecule has 2 rings (SSSR count). The van der Waals surface area contributed by atoms with Gasteiger partial charge in [0.2, 0.25) is 5.91 Å². The smallest absolute Gasteiger partial charge is 0.226 e. The number of benzene rings is 1. The van der Waals surface area contributed by atoms with Crippen molar-refractivity contribution in [1.82, 2.24) is 4.90 Å². The summed E-state index contributed by atoms with van der Waals surface area (Å²) in [5, 5.41) is 14.0. The Balaban J connectivity index is 2.06. The van der Waals surface area contributed by atoms with Crippen LogP contribution in [0.25, 0.3) is 0 Å². The van der Waals surface area contributed by atoms with Crippen LogP contribution < -0.4 is 5.32 Å². The van der Waals surface area contributed by atoms with Crippen LogP contribution in [0.5, 0.6) is 0 Å². The Morgan fingerprint density at radius 3 is 2.81 bits per heavy atom. The average molecular weight is 299 g/mol. The predicted molar refractivity (Wildman–Crippen MR) is 85.2 cm³/mol. The lowest BCUT2D eigenvalue weighted by atomic mass is 10.1. The van der Waals surface area contributed by atoms with Gasteiger partial charge in [-0.15, -0.1) is 11.3 Å². The van der Waals surface area contributed by atoms with Crippen LogP contribution in [0.4, 0.5) is 5.69 Å². The monoisotopic (exact) mass is 299 g/mol. The van der Waals surface area contributed by atoms with E-state index in [2.05, 4.69) is 11.4 Å². The lowest BCUT2D eigenvalue weighted by Crippen LogP contribution is -2.23. The SMILES string of the molecule is CN(C)C(=O)Cc1ccccc1NCc1cc(C#N)cs1. The van der Waals surface area contributed by atoms with Crippen molar-refractivity contribution in [2.45, 2.75) is 13.0 Å². The van der Waals surface area contributed by atoms with Crippen molar-refractivity contribution in [3.8, 4) is 6.07 Å². The zero-order valence-electron chi connectivity index (χ0n) is 12.1. The first kappa shape index (κ1) is 15.1. The number of likely N-dealkylation sites (N-methyl/N-ethyl adjacent to an activating group) is 1. The standard InChI is InChI=1S/C16H17N3OS/c1-19(2)16(20)8-13-5-3-4-6-15(13)18-10-14-7-12(9-17)11-21-14/h3-7,11,18H,8,10H2,1-2H3. The third-order valence-electron chi connectivity index (χ3n) is 3.09. The third kappa shape index (κ3) is 4.07. The number of nitriles is 1. The highest BCUT2D eigenvalue weighted by atomic mass is 32.1. The van der Waals surface area contributed by atoms with Crippen LogP contribution in [0, 0.1) is 11.3 Å². The van der Waals surface area contributed by atoms with Gasteiger partial charge in [0.25, 0.3) is 0 Å². The zero-order chi connectivity index (χ0) is 15.2. The van der Waals surface area contributed by atoms with Gasteiger partial charge in [-0.1, -0.05) is 18.2 Å².